The maximum atomic E-state index is 4.88. The molecule has 0 saturated heterocycles. The van der Waals surface area contributed by atoms with Crippen molar-refractivity contribution in [2.75, 3.05) is 0 Å². The van der Waals surface area contributed by atoms with Crippen LogP contribution in [0.3, 0.4) is 0 Å². The lowest BCUT2D eigenvalue weighted by Crippen LogP contribution is -2.33. The second-order valence-corrected chi connectivity index (χ2v) is 6.49. The van der Waals surface area contributed by atoms with Crippen molar-refractivity contribution in [3.05, 3.63) is 40.8 Å². The number of H-pyrrole nitrogens is 1. The SMILES string of the molecule is Cc1ccc2c(c1)C1(CCC1)c1[nH]c(C(C)C)nc1-2. The van der Waals surface area contributed by atoms with Crippen LogP contribution < -0.4 is 0 Å². The van der Waals surface area contributed by atoms with Crippen molar-refractivity contribution in [2.45, 2.75) is 51.4 Å². The Bertz CT molecular complexity index is 660. The highest BCUT2D eigenvalue weighted by molar-refractivity contribution is 5.78. The van der Waals surface area contributed by atoms with Gasteiger partial charge < -0.3 is 4.98 Å². The van der Waals surface area contributed by atoms with Gasteiger partial charge >= 0.3 is 0 Å². The number of nitrogens with one attached hydrogen (secondary N) is 1. The van der Waals surface area contributed by atoms with E-state index in [2.05, 4.69) is 44.0 Å². The van der Waals surface area contributed by atoms with E-state index in [-0.39, 0.29) is 5.41 Å². The first kappa shape index (κ1) is 11.3. The summed E-state index contributed by atoms with van der Waals surface area (Å²) < 4.78 is 0. The number of rotatable bonds is 1. The van der Waals surface area contributed by atoms with Gasteiger partial charge in [0.25, 0.3) is 0 Å². The maximum absolute atomic E-state index is 4.88. The number of imidazole rings is 1. The average molecular weight is 252 g/mol. The fraction of sp³-hybridized carbons (Fsp3) is 0.471. The zero-order chi connectivity index (χ0) is 13.2. The third-order valence-electron chi connectivity index (χ3n) is 4.90. The summed E-state index contributed by atoms with van der Waals surface area (Å²) in [5.74, 6) is 1.61. The third kappa shape index (κ3) is 1.29. The Hall–Kier alpha value is -1.57. The average Bonchev–Trinajstić information content (AvgIpc) is 2.82. The highest BCUT2D eigenvalue weighted by Crippen LogP contribution is 2.58. The summed E-state index contributed by atoms with van der Waals surface area (Å²) in [4.78, 5) is 8.52. The molecule has 2 aliphatic carbocycles. The van der Waals surface area contributed by atoms with Crippen LogP contribution in [0.1, 0.15) is 61.7 Å². The van der Waals surface area contributed by atoms with Gasteiger partial charge in [-0.2, -0.15) is 0 Å². The van der Waals surface area contributed by atoms with E-state index in [4.69, 9.17) is 4.98 Å². The molecule has 2 aromatic rings. The minimum absolute atomic E-state index is 0.261. The highest BCUT2D eigenvalue weighted by atomic mass is 15.0. The molecule has 2 nitrogen and oxygen atoms in total. The van der Waals surface area contributed by atoms with Crippen molar-refractivity contribution in [2.24, 2.45) is 0 Å². The van der Waals surface area contributed by atoms with Crippen LogP contribution in [0.25, 0.3) is 11.3 Å². The lowest BCUT2D eigenvalue weighted by Gasteiger charge is -2.39. The maximum Gasteiger partial charge on any atom is 0.109 e. The molecule has 0 unspecified atom stereocenters. The van der Waals surface area contributed by atoms with E-state index in [0.29, 0.717) is 5.92 Å². The predicted octanol–water partition coefficient (Wildman–Crippen LogP) is 4.29. The smallest absolute Gasteiger partial charge is 0.109 e. The molecule has 0 atom stereocenters. The van der Waals surface area contributed by atoms with E-state index < -0.39 is 0 Å². The largest absolute Gasteiger partial charge is 0.344 e. The second kappa shape index (κ2) is 3.50. The summed E-state index contributed by atoms with van der Waals surface area (Å²) in [7, 11) is 0. The number of aryl methyl sites for hydroxylation is 1. The van der Waals surface area contributed by atoms with E-state index in [1.807, 2.05) is 0 Å². The molecule has 0 aliphatic heterocycles. The van der Waals surface area contributed by atoms with Crippen molar-refractivity contribution >= 4 is 0 Å². The second-order valence-electron chi connectivity index (χ2n) is 6.49. The van der Waals surface area contributed by atoms with E-state index >= 15 is 0 Å². The minimum atomic E-state index is 0.261. The van der Waals surface area contributed by atoms with Gasteiger partial charge in [0.2, 0.25) is 0 Å². The van der Waals surface area contributed by atoms with E-state index in [0.717, 1.165) is 5.82 Å². The van der Waals surface area contributed by atoms with Crippen molar-refractivity contribution in [3.63, 3.8) is 0 Å². The molecule has 0 bridgehead atoms. The monoisotopic (exact) mass is 252 g/mol. The van der Waals surface area contributed by atoms with Gasteiger partial charge in [0.1, 0.15) is 5.82 Å². The summed E-state index contributed by atoms with van der Waals surface area (Å²) in [5.41, 5.74) is 7.11. The number of nitrogens with zero attached hydrogens (tertiary/aromatic N) is 1. The third-order valence-corrected chi connectivity index (χ3v) is 4.90. The molecule has 1 heterocycles. The van der Waals surface area contributed by atoms with Crippen LogP contribution in [0, 0.1) is 6.92 Å². The topological polar surface area (TPSA) is 28.7 Å². The first-order valence-electron chi connectivity index (χ1n) is 7.34. The lowest BCUT2D eigenvalue weighted by atomic mass is 9.64. The molecule has 1 N–H and O–H groups in total. The number of hydrogen-bond acceptors (Lipinski definition) is 1. The van der Waals surface area contributed by atoms with Gasteiger partial charge in [0, 0.05) is 16.9 Å². The number of fused-ring (bicyclic) bond motifs is 5. The normalized spacial score (nSPS) is 18.5. The van der Waals surface area contributed by atoms with Crippen LogP contribution >= 0.6 is 0 Å². The lowest BCUT2D eigenvalue weighted by molar-refractivity contribution is 0.301. The van der Waals surface area contributed by atoms with Crippen molar-refractivity contribution in [1.29, 1.82) is 0 Å². The summed E-state index contributed by atoms with van der Waals surface area (Å²) in [6, 6.07) is 6.85. The molecule has 2 aliphatic rings. The summed E-state index contributed by atoms with van der Waals surface area (Å²) in [6.07, 6.45) is 3.88. The zero-order valence-corrected chi connectivity index (χ0v) is 11.9. The molecular weight excluding hydrogens is 232 g/mol. The zero-order valence-electron chi connectivity index (χ0n) is 11.9. The Balaban J connectivity index is 1.99. The Morgan fingerprint density at radius 3 is 2.68 bits per heavy atom. The molecule has 19 heavy (non-hydrogen) atoms. The quantitative estimate of drug-likeness (QED) is 0.805. The molecule has 1 fully saturated rings. The molecule has 1 aromatic carbocycles. The molecule has 1 spiro atoms. The molecule has 2 heteroatoms. The number of aromatic amines is 1. The molecule has 98 valence electrons. The Labute approximate surface area is 114 Å². The number of hydrogen-bond donors (Lipinski definition) is 1. The van der Waals surface area contributed by atoms with Crippen LogP contribution in [0.5, 0.6) is 0 Å². The van der Waals surface area contributed by atoms with Crippen LogP contribution in [0.15, 0.2) is 18.2 Å². The van der Waals surface area contributed by atoms with Gasteiger partial charge in [0.15, 0.2) is 0 Å². The van der Waals surface area contributed by atoms with Gasteiger partial charge in [-0.05, 0) is 25.3 Å². The standard InChI is InChI=1S/C17H20N2/c1-10(2)16-18-14-12-6-5-11(3)9-13(12)17(7-4-8-17)15(14)19-16/h5-6,9-10H,4,7-8H2,1-3H3,(H,18,19). The van der Waals surface area contributed by atoms with Gasteiger partial charge in [0.05, 0.1) is 11.4 Å². The van der Waals surface area contributed by atoms with Gasteiger partial charge in [-0.25, -0.2) is 4.98 Å². The molecule has 0 radical (unpaired) electrons. The fourth-order valence-corrected chi connectivity index (χ4v) is 3.65. The van der Waals surface area contributed by atoms with E-state index in [1.165, 1.54) is 47.3 Å². The predicted molar refractivity (Wildman–Crippen MR) is 77.5 cm³/mol. The van der Waals surface area contributed by atoms with Gasteiger partial charge in [-0.3, -0.25) is 0 Å². The van der Waals surface area contributed by atoms with Crippen LogP contribution in [-0.2, 0) is 5.41 Å². The fourth-order valence-electron chi connectivity index (χ4n) is 3.65. The number of aromatic nitrogens is 2. The van der Waals surface area contributed by atoms with Crippen molar-refractivity contribution in [3.8, 4) is 11.3 Å². The first-order chi connectivity index (χ1) is 9.12. The Morgan fingerprint density at radius 1 is 1.26 bits per heavy atom. The van der Waals surface area contributed by atoms with Gasteiger partial charge in [-0.1, -0.05) is 44.0 Å². The van der Waals surface area contributed by atoms with Gasteiger partial charge in [-0.15, -0.1) is 0 Å². The summed E-state index contributed by atoms with van der Waals surface area (Å²) in [6.45, 7) is 6.60. The molecule has 0 amide bonds. The van der Waals surface area contributed by atoms with Crippen molar-refractivity contribution < 1.29 is 0 Å². The molecule has 1 saturated carbocycles. The highest BCUT2D eigenvalue weighted by Gasteiger charge is 2.49. The Morgan fingerprint density at radius 2 is 2.05 bits per heavy atom. The number of benzene rings is 1. The van der Waals surface area contributed by atoms with Crippen LogP contribution in [-0.4, -0.2) is 9.97 Å². The summed E-state index contributed by atoms with van der Waals surface area (Å²) >= 11 is 0. The van der Waals surface area contributed by atoms with Crippen LogP contribution in [0.4, 0.5) is 0 Å². The van der Waals surface area contributed by atoms with E-state index in [9.17, 15) is 0 Å². The van der Waals surface area contributed by atoms with E-state index in [1.54, 1.807) is 0 Å². The molecule has 1 aromatic heterocycles. The van der Waals surface area contributed by atoms with Crippen molar-refractivity contribution in [1.82, 2.24) is 9.97 Å². The molecular formula is C17H20N2. The van der Waals surface area contributed by atoms with Crippen LogP contribution in [0.2, 0.25) is 0 Å². The first-order valence-corrected chi connectivity index (χ1v) is 7.34. The summed E-state index contributed by atoms with van der Waals surface area (Å²) in [5, 5.41) is 0. The molecule has 4 rings (SSSR count). The Kier molecular flexibility index (Phi) is 2.08. The minimum Gasteiger partial charge on any atom is -0.344 e.